The topological polar surface area (TPSA) is 37.8 Å². The van der Waals surface area contributed by atoms with Crippen LogP contribution < -0.4 is 5.32 Å². The molecular formula is C15H17BrFN3. The summed E-state index contributed by atoms with van der Waals surface area (Å²) >= 11 is 3.16. The number of halogens is 2. The van der Waals surface area contributed by atoms with E-state index >= 15 is 0 Å². The van der Waals surface area contributed by atoms with Crippen LogP contribution in [-0.2, 0) is 6.54 Å². The van der Waals surface area contributed by atoms with Gasteiger partial charge in [0.15, 0.2) is 5.82 Å². The molecule has 1 heterocycles. The molecule has 0 aliphatic heterocycles. The van der Waals surface area contributed by atoms with Crippen molar-refractivity contribution < 1.29 is 4.39 Å². The van der Waals surface area contributed by atoms with Gasteiger partial charge in [-0.3, -0.25) is 0 Å². The molecule has 3 nitrogen and oxygen atoms in total. The second kappa shape index (κ2) is 5.97. The Kier molecular flexibility index (Phi) is 4.50. The first-order valence-electron chi connectivity index (χ1n) is 6.36. The van der Waals surface area contributed by atoms with E-state index in [9.17, 15) is 4.39 Å². The first-order valence-corrected chi connectivity index (χ1v) is 7.16. The van der Waals surface area contributed by atoms with Crippen LogP contribution in [0.2, 0.25) is 0 Å². The highest BCUT2D eigenvalue weighted by molar-refractivity contribution is 9.10. The van der Waals surface area contributed by atoms with Crippen LogP contribution >= 0.6 is 15.9 Å². The summed E-state index contributed by atoms with van der Waals surface area (Å²) in [6, 6.07) is 4.75. The first-order chi connectivity index (χ1) is 9.35. The minimum Gasteiger partial charge on any atom is -0.308 e. The van der Waals surface area contributed by atoms with Crippen LogP contribution in [0.3, 0.4) is 0 Å². The number of rotatable bonds is 3. The molecule has 1 N–H and O–H groups in total. The van der Waals surface area contributed by atoms with Crippen LogP contribution in [0.15, 0.2) is 35.1 Å². The molecule has 0 saturated carbocycles. The third kappa shape index (κ3) is 4.08. The largest absolute Gasteiger partial charge is 0.308 e. The van der Waals surface area contributed by atoms with Crippen molar-refractivity contribution in [2.45, 2.75) is 32.9 Å². The SMILES string of the molecule is CC(C)(C)NCc1cnc(-c2ccc(F)c(Br)c2)nc1. The summed E-state index contributed by atoms with van der Waals surface area (Å²) in [4.78, 5) is 8.65. The minimum atomic E-state index is -0.292. The van der Waals surface area contributed by atoms with E-state index in [1.807, 2.05) is 0 Å². The van der Waals surface area contributed by atoms with Crippen molar-refractivity contribution >= 4 is 15.9 Å². The lowest BCUT2D eigenvalue weighted by Gasteiger charge is -2.20. The maximum Gasteiger partial charge on any atom is 0.159 e. The first kappa shape index (κ1) is 15.1. The van der Waals surface area contributed by atoms with Crippen LogP contribution in [0.25, 0.3) is 11.4 Å². The molecule has 0 aliphatic carbocycles. The van der Waals surface area contributed by atoms with E-state index in [0.29, 0.717) is 10.3 Å². The molecule has 1 aromatic heterocycles. The number of nitrogens with zero attached hydrogens (tertiary/aromatic N) is 2. The highest BCUT2D eigenvalue weighted by Gasteiger charge is 2.09. The molecule has 0 spiro atoms. The summed E-state index contributed by atoms with van der Waals surface area (Å²) in [5.74, 6) is 0.296. The van der Waals surface area contributed by atoms with Gasteiger partial charge in [0.1, 0.15) is 5.82 Å². The van der Waals surface area contributed by atoms with E-state index in [-0.39, 0.29) is 11.4 Å². The highest BCUT2D eigenvalue weighted by Crippen LogP contribution is 2.22. The fourth-order valence-corrected chi connectivity index (χ4v) is 1.98. The average Bonchev–Trinajstić information content (AvgIpc) is 2.39. The van der Waals surface area contributed by atoms with Gasteiger partial charge in [-0.05, 0) is 54.9 Å². The zero-order valence-electron chi connectivity index (χ0n) is 11.7. The molecule has 0 aliphatic rings. The Morgan fingerprint density at radius 2 is 1.85 bits per heavy atom. The van der Waals surface area contributed by atoms with Crippen LogP contribution in [0, 0.1) is 5.82 Å². The fraction of sp³-hybridized carbons (Fsp3) is 0.333. The Balaban J connectivity index is 2.13. The van der Waals surface area contributed by atoms with E-state index in [1.165, 1.54) is 6.07 Å². The second-order valence-corrected chi connectivity index (χ2v) is 6.50. The van der Waals surface area contributed by atoms with E-state index in [2.05, 4.69) is 52.0 Å². The van der Waals surface area contributed by atoms with Gasteiger partial charge in [0.05, 0.1) is 4.47 Å². The van der Waals surface area contributed by atoms with Crippen LogP contribution in [0.5, 0.6) is 0 Å². The molecule has 1 aromatic carbocycles. The third-order valence-corrected chi connectivity index (χ3v) is 3.31. The van der Waals surface area contributed by atoms with Crippen molar-refractivity contribution in [1.82, 2.24) is 15.3 Å². The third-order valence-electron chi connectivity index (χ3n) is 2.71. The van der Waals surface area contributed by atoms with Crippen LogP contribution in [-0.4, -0.2) is 15.5 Å². The van der Waals surface area contributed by atoms with Gasteiger partial charge in [0.2, 0.25) is 0 Å². The summed E-state index contributed by atoms with van der Waals surface area (Å²) in [6.45, 7) is 7.05. The molecule has 0 saturated heterocycles. The number of hydrogen-bond acceptors (Lipinski definition) is 3. The zero-order valence-corrected chi connectivity index (χ0v) is 13.3. The fourth-order valence-electron chi connectivity index (χ4n) is 1.60. The molecule has 0 amide bonds. The Morgan fingerprint density at radius 1 is 1.20 bits per heavy atom. The van der Waals surface area contributed by atoms with E-state index < -0.39 is 0 Å². The Morgan fingerprint density at radius 3 is 2.40 bits per heavy atom. The molecule has 0 atom stereocenters. The molecule has 0 unspecified atom stereocenters. The van der Waals surface area contributed by atoms with Gasteiger partial charge in [-0.15, -0.1) is 0 Å². The second-order valence-electron chi connectivity index (χ2n) is 5.65. The van der Waals surface area contributed by atoms with Gasteiger partial charge in [-0.2, -0.15) is 0 Å². The highest BCUT2D eigenvalue weighted by atomic mass is 79.9. The van der Waals surface area contributed by atoms with E-state index in [4.69, 9.17) is 0 Å². The standard InChI is InChI=1S/C15H17BrFN3/c1-15(2,3)20-9-10-7-18-14(19-8-10)11-4-5-13(17)12(16)6-11/h4-8,20H,9H2,1-3H3. The van der Waals surface area contributed by atoms with Gasteiger partial charge in [0, 0.05) is 35.6 Å². The molecule has 5 heteroatoms. The predicted molar refractivity (Wildman–Crippen MR) is 81.7 cm³/mol. The lowest BCUT2D eigenvalue weighted by molar-refractivity contribution is 0.423. The lowest BCUT2D eigenvalue weighted by Crippen LogP contribution is -2.35. The van der Waals surface area contributed by atoms with Crippen molar-refractivity contribution in [2.75, 3.05) is 0 Å². The monoisotopic (exact) mass is 337 g/mol. The van der Waals surface area contributed by atoms with E-state index in [0.717, 1.165) is 17.7 Å². The summed E-state index contributed by atoms with van der Waals surface area (Å²) in [5, 5.41) is 3.38. The summed E-state index contributed by atoms with van der Waals surface area (Å²) in [7, 11) is 0. The van der Waals surface area contributed by atoms with Gasteiger partial charge in [-0.1, -0.05) is 0 Å². The molecule has 0 fully saturated rings. The Hall–Kier alpha value is -1.33. The van der Waals surface area contributed by atoms with Crippen molar-refractivity contribution in [2.24, 2.45) is 0 Å². The normalized spacial score (nSPS) is 11.7. The van der Waals surface area contributed by atoms with Gasteiger partial charge < -0.3 is 5.32 Å². The lowest BCUT2D eigenvalue weighted by atomic mass is 10.1. The molecule has 106 valence electrons. The van der Waals surface area contributed by atoms with Crippen molar-refractivity contribution in [3.05, 3.63) is 46.4 Å². The summed E-state index contributed by atoms with van der Waals surface area (Å²) in [6.07, 6.45) is 3.58. The molecule has 2 rings (SSSR count). The van der Waals surface area contributed by atoms with E-state index in [1.54, 1.807) is 24.5 Å². The minimum absolute atomic E-state index is 0.0560. The van der Waals surface area contributed by atoms with Crippen LogP contribution in [0.4, 0.5) is 4.39 Å². The molecule has 0 radical (unpaired) electrons. The maximum atomic E-state index is 13.2. The number of nitrogens with one attached hydrogen (secondary N) is 1. The molecule has 20 heavy (non-hydrogen) atoms. The van der Waals surface area contributed by atoms with Crippen molar-refractivity contribution in [3.8, 4) is 11.4 Å². The van der Waals surface area contributed by atoms with Crippen LogP contribution in [0.1, 0.15) is 26.3 Å². The van der Waals surface area contributed by atoms with Gasteiger partial charge in [-0.25, -0.2) is 14.4 Å². The van der Waals surface area contributed by atoms with Crippen molar-refractivity contribution in [3.63, 3.8) is 0 Å². The molecule has 2 aromatic rings. The summed E-state index contributed by atoms with van der Waals surface area (Å²) < 4.78 is 13.6. The summed E-state index contributed by atoms with van der Waals surface area (Å²) in [5.41, 5.74) is 1.86. The predicted octanol–water partition coefficient (Wildman–Crippen LogP) is 3.93. The van der Waals surface area contributed by atoms with Crippen molar-refractivity contribution in [1.29, 1.82) is 0 Å². The molecule has 0 bridgehead atoms. The molecular weight excluding hydrogens is 321 g/mol. The maximum absolute atomic E-state index is 13.2. The Bertz CT molecular complexity index is 591. The number of aromatic nitrogens is 2. The smallest absolute Gasteiger partial charge is 0.159 e. The number of benzene rings is 1. The quantitative estimate of drug-likeness (QED) is 0.921. The van der Waals surface area contributed by atoms with Gasteiger partial charge in [0.25, 0.3) is 0 Å². The zero-order chi connectivity index (χ0) is 14.8. The average molecular weight is 338 g/mol. The van der Waals surface area contributed by atoms with Gasteiger partial charge >= 0.3 is 0 Å². The number of hydrogen-bond donors (Lipinski definition) is 1. The Labute approximate surface area is 126 Å².